The van der Waals surface area contributed by atoms with Crippen LogP contribution in [0.15, 0.2) is 11.8 Å². The Morgan fingerprint density at radius 1 is 1.67 bits per heavy atom. The summed E-state index contributed by atoms with van der Waals surface area (Å²) in [6.45, 7) is 6.18. The highest BCUT2D eigenvalue weighted by atomic mass is 35.5. The van der Waals surface area contributed by atoms with Gasteiger partial charge in [-0.15, -0.1) is 0 Å². The Labute approximate surface area is 94.7 Å². The number of nitriles is 1. The van der Waals surface area contributed by atoms with Crippen LogP contribution in [0.3, 0.4) is 0 Å². The van der Waals surface area contributed by atoms with Gasteiger partial charge in [-0.2, -0.15) is 5.26 Å². The molecule has 0 saturated heterocycles. The third-order valence-corrected chi connectivity index (χ3v) is 3.13. The fourth-order valence-electron chi connectivity index (χ4n) is 1.86. The smallest absolute Gasteiger partial charge is 0.225 e. The lowest BCUT2D eigenvalue weighted by molar-refractivity contribution is -0.113. The maximum atomic E-state index is 11.1. The summed E-state index contributed by atoms with van der Waals surface area (Å²) in [7, 11) is 0. The first-order valence-corrected chi connectivity index (χ1v) is 5.27. The molecule has 0 aromatic heterocycles. The van der Waals surface area contributed by atoms with Gasteiger partial charge >= 0.3 is 0 Å². The first kappa shape index (κ1) is 12.1. The molecular formula is C11H14ClNO2. The van der Waals surface area contributed by atoms with Crippen LogP contribution >= 0.6 is 11.6 Å². The van der Waals surface area contributed by atoms with Crippen LogP contribution < -0.4 is 0 Å². The van der Waals surface area contributed by atoms with Gasteiger partial charge in [0.15, 0.2) is 5.76 Å². The molecular weight excluding hydrogens is 214 g/mol. The van der Waals surface area contributed by atoms with Crippen molar-refractivity contribution < 1.29 is 9.53 Å². The van der Waals surface area contributed by atoms with Crippen molar-refractivity contribution in [2.45, 2.75) is 20.8 Å². The highest BCUT2D eigenvalue weighted by molar-refractivity contribution is 6.64. The van der Waals surface area contributed by atoms with Crippen molar-refractivity contribution in [3.8, 4) is 6.07 Å². The van der Waals surface area contributed by atoms with E-state index in [0.29, 0.717) is 6.61 Å². The molecule has 1 rings (SSSR count). The van der Waals surface area contributed by atoms with Crippen LogP contribution in [0.2, 0.25) is 0 Å². The molecule has 0 aliphatic heterocycles. The van der Waals surface area contributed by atoms with E-state index in [1.807, 2.05) is 26.8 Å². The molecule has 0 amide bonds. The second-order valence-corrected chi connectivity index (χ2v) is 4.58. The van der Waals surface area contributed by atoms with Crippen molar-refractivity contribution >= 4 is 16.8 Å². The molecule has 1 aliphatic carbocycles. The second kappa shape index (κ2) is 4.24. The lowest BCUT2D eigenvalue weighted by Crippen LogP contribution is -1.96. The number of ether oxygens (including phenoxy) is 1. The molecule has 0 bridgehead atoms. The number of carbonyl (C=O) groups is 1. The van der Waals surface area contributed by atoms with Crippen LogP contribution in [0.5, 0.6) is 0 Å². The van der Waals surface area contributed by atoms with Gasteiger partial charge in [0.2, 0.25) is 5.24 Å². The maximum Gasteiger partial charge on any atom is 0.225 e. The number of allylic oxidation sites excluding steroid dienone is 2. The first-order valence-electron chi connectivity index (χ1n) is 4.89. The van der Waals surface area contributed by atoms with E-state index in [1.165, 1.54) is 0 Å². The van der Waals surface area contributed by atoms with Crippen LogP contribution in [0.25, 0.3) is 0 Å². The molecule has 1 aliphatic rings. The molecule has 1 fully saturated rings. The van der Waals surface area contributed by atoms with Crippen LogP contribution in [0.1, 0.15) is 20.8 Å². The Kier molecular flexibility index (Phi) is 3.41. The van der Waals surface area contributed by atoms with E-state index in [1.54, 1.807) is 6.08 Å². The fourth-order valence-corrected chi connectivity index (χ4v) is 2.28. The van der Waals surface area contributed by atoms with E-state index < -0.39 is 0 Å². The average molecular weight is 228 g/mol. The third-order valence-electron chi connectivity index (χ3n) is 2.90. The number of carbonyl (C=O) groups excluding carboxylic acids is 1. The monoisotopic (exact) mass is 227 g/mol. The van der Waals surface area contributed by atoms with Gasteiger partial charge in [0, 0.05) is 5.92 Å². The van der Waals surface area contributed by atoms with Gasteiger partial charge in [-0.3, -0.25) is 4.79 Å². The summed E-state index contributed by atoms with van der Waals surface area (Å²) in [5.74, 6) is 0.0997. The molecule has 0 heterocycles. The van der Waals surface area contributed by atoms with Crippen LogP contribution in [0, 0.1) is 28.6 Å². The Morgan fingerprint density at radius 3 is 2.60 bits per heavy atom. The van der Waals surface area contributed by atoms with Crippen molar-refractivity contribution in [2.24, 2.45) is 17.3 Å². The Balaban J connectivity index is 2.76. The van der Waals surface area contributed by atoms with Crippen molar-refractivity contribution in [1.82, 2.24) is 0 Å². The van der Waals surface area contributed by atoms with Gasteiger partial charge < -0.3 is 4.74 Å². The van der Waals surface area contributed by atoms with E-state index in [2.05, 4.69) is 0 Å². The molecule has 4 heteroatoms. The SMILES string of the molecule is CCOC(C#N)=C[C@@H]1[C@@H](C(=O)Cl)C1(C)C. The molecule has 0 aromatic rings. The quantitative estimate of drug-likeness (QED) is 0.421. The summed E-state index contributed by atoms with van der Waals surface area (Å²) in [6.07, 6.45) is 1.70. The zero-order chi connectivity index (χ0) is 11.6. The molecule has 0 aromatic carbocycles. The van der Waals surface area contributed by atoms with E-state index in [9.17, 15) is 4.79 Å². The minimum atomic E-state index is -0.338. The van der Waals surface area contributed by atoms with Crippen molar-refractivity contribution in [1.29, 1.82) is 5.26 Å². The molecule has 1 saturated carbocycles. The summed E-state index contributed by atoms with van der Waals surface area (Å²) < 4.78 is 5.11. The lowest BCUT2D eigenvalue weighted by Gasteiger charge is -2.00. The van der Waals surface area contributed by atoms with E-state index in [0.717, 1.165) is 0 Å². The van der Waals surface area contributed by atoms with E-state index >= 15 is 0 Å². The number of hydrogen-bond acceptors (Lipinski definition) is 3. The highest BCUT2D eigenvalue weighted by Crippen LogP contribution is 2.60. The first-order chi connectivity index (χ1) is 6.95. The van der Waals surface area contributed by atoms with Crippen LogP contribution in [0.4, 0.5) is 0 Å². The average Bonchev–Trinajstić information content (AvgIpc) is 2.67. The van der Waals surface area contributed by atoms with Gasteiger partial charge in [0.05, 0.1) is 6.61 Å². The molecule has 0 N–H and O–H groups in total. The molecule has 0 unspecified atom stereocenters. The summed E-state index contributed by atoms with van der Waals surface area (Å²) in [5, 5.41) is 8.43. The Bertz CT molecular complexity index is 341. The predicted octanol–water partition coefficient (Wildman–Crippen LogP) is 2.47. The largest absolute Gasteiger partial charge is 0.484 e. The molecule has 15 heavy (non-hydrogen) atoms. The number of halogens is 1. The van der Waals surface area contributed by atoms with Gasteiger partial charge in [-0.1, -0.05) is 13.8 Å². The predicted molar refractivity (Wildman–Crippen MR) is 56.9 cm³/mol. The van der Waals surface area contributed by atoms with E-state index in [4.69, 9.17) is 21.6 Å². The number of nitrogens with zero attached hydrogens (tertiary/aromatic N) is 1. The normalized spacial score (nSPS) is 28.1. The van der Waals surface area contributed by atoms with Gasteiger partial charge in [-0.05, 0) is 35.9 Å². The number of hydrogen-bond donors (Lipinski definition) is 0. The molecule has 3 nitrogen and oxygen atoms in total. The van der Waals surface area contributed by atoms with Gasteiger partial charge in [-0.25, -0.2) is 0 Å². The van der Waals surface area contributed by atoms with Crippen LogP contribution in [-0.2, 0) is 9.53 Å². The lowest BCUT2D eigenvalue weighted by atomic mass is 10.1. The Morgan fingerprint density at radius 2 is 2.27 bits per heavy atom. The summed E-state index contributed by atoms with van der Waals surface area (Å²) in [4.78, 5) is 11.1. The minimum absolute atomic E-state index is 0.0173. The zero-order valence-corrected chi connectivity index (χ0v) is 9.84. The van der Waals surface area contributed by atoms with Crippen molar-refractivity contribution in [2.75, 3.05) is 6.61 Å². The molecule has 2 atom stereocenters. The van der Waals surface area contributed by atoms with Crippen molar-refractivity contribution in [3.63, 3.8) is 0 Å². The van der Waals surface area contributed by atoms with Gasteiger partial charge in [0.25, 0.3) is 0 Å². The maximum absolute atomic E-state index is 11.1. The summed E-state index contributed by atoms with van der Waals surface area (Å²) in [6, 6.07) is 1.96. The number of rotatable bonds is 4. The second-order valence-electron chi connectivity index (χ2n) is 4.20. The molecule has 82 valence electrons. The highest BCUT2D eigenvalue weighted by Gasteiger charge is 2.60. The minimum Gasteiger partial charge on any atom is -0.484 e. The fraction of sp³-hybridized carbons (Fsp3) is 0.636. The summed E-state index contributed by atoms with van der Waals surface area (Å²) in [5.41, 5.74) is -0.155. The topological polar surface area (TPSA) is 50.1 Å². The van der Waals surface area contributed by atoms with E-state index in [-0.39, 0.29) is 28.3 Å². The Hall–Kier alpha value is -1.01. The molecule has 0 spiro atoms. The third kappa shape index (κ3) is 2.32. The zero-order valence-electron chi connectivity index (χ0n) is 9.08. The molecule has 0 radical (unpaired) electrons. The van der Waals surface area contributed by atoms with Crippen LogP contribution in [-0.4, -0.2) is 11.8 Å². The standard InChI is InChI=1S/C11H14ClNO2/c1-4-15-7(6-13)5-8-9(10(12)14)11(8,2)3/h5,8-9H,4H2,1-3H3/t8-,9+/m1/s1. The van der Waals surface area contributed by atoms with Crippen molar-refractivity contribution in [3.05, 3.63) is 11.8 Å². The van der Waals surface area contributed by atoms with Gasteiger partial charge in [0.1, 0.15) is 6.07 Å². The summed E-state index contributed by atoms with van der Waals surface area (Å²) >= 11 is 5.47.